The Kier molecular flexibility index (Phi) is 5.42. The van der Waals surface area contributed by atoms with Crippen molar-refractivity contribution >= 4 is 0 Å². The molecule has 2 heteroatoms. The van der Waals surface area contributed by atoms with Crippen LogP contribution in [0.1, 0.15) is 55.9 Å². The van der Waals surface area contributed by atoms with Crippen LogP contribution in [0.2, 0.25) is 0 Å². The zero-order valence-electron chi connectivity index (χ0n) is 13.8. The molecule has 0 fully saturated rings. The van der Waals surface area contributed by atoms with E-state index in [2.05, 4.69) is 66.6 Å². The Morgan fingerprint density at radius 1 is 1.11 bits per heavy atom. The molecule has 19 heavy (non-hydrogen) atoms. The molecule has 0 bridgehead atoms. The molecule has 0 atom stereocenters. The highest BCUT2D eigenvalue weighted by molar-refractivity contribution is 5.50. The van der Waals surface area contributed by atoms with Crippen LogP contribution in [0.4, 0.5) is 0 Å². The first-order valence-corrected chi connectivity index (χ1v) is 7.18. The lowest BCUT2D eigenvalue weighted by Gasteiger charge is -2.24. The summed E-state index contributed by atoms with van der Waals surface area (Å²) in [7, 11) is 4.23. The van der Waals surface area contributed by atoms with Crippen LogP contribution in [0.25, 0.3) is 0 Å². The molecule has 1 rings (SSSR count). The normalized spacial score (nSPS) is 11.7. The smallest absolute Gasteiger partial charge is 0.125 e. The number of benzene rings is 1. The van der Waals surface area contributed by atoms with Crippen molar-refractivity contribution < 1.29 is 4.74 Å². The topological polar surface area (TPSA) is 12.5 Å². The molecule has 0 aliphatic heterocycles. The van der Waals surface area contributed by atoms with E-state index in [1.807, 2.05) is 0 Å². The maximum Gasteiger partial charge on any atom is 0.125 e. The largest absolute Gasteiger partial charge is 0.490 e. The van der Waals surface area contributed by atoms with E-state index in [0.29, 0.717) is 5.92 Å². The van der Waals surface area contributed by atoms with Gasteiger partial charge in [0.1, 0.15) is 5.75 Å². The maximum atomic E-state index is 6.01. The van der Waals surface area contributed by atoms with Crippen molar-refractivity contribution in [1.29, 1.82) is 0 Å². The van der Waals surface area contributed by atoms with Crippen LogP contribution in [0.15, 0.2) is 6.07 Å². The van der Waals surface area contributed by atoms with Gasteiger partial charge < -0.3 is 9.64 Å². The lowest BCUT2D eigenvalue weighted by atomic mass is 9.90. The van der Waals surface area contributed by atoms with E-state index in [1.165, 1.54) is 22.3 Å². The van der Waals surface area contributed by atoms with Crippen LogP contribution in [-0.4, -0.2) is 25.1 Å². The second-order valence-electron chi connectivity index (χ2n) is 6.27. The number of ether oxygens (including phenoxy) is 1. The molecule has 0 N–H and O–H groups in total. The Labute approximate surface area is 118 Å². The molecular weight excluding hydrogens is 234 g/mol. The van der Waals surface area contributed by atoms with Gasteiger partial charge in [0, 0.05) is 6.54 Å². The first-order chi connectivity index (χ1) is 8.73. The van der Waals surface area contributed by atoms with E-state index in [1.54, 1.807) is 0 Å². The Hall–Kier alpha value is -1.02. The Balaban J connectivity index is 3.37. The van der Waals surface area contributed by atoms with Crippen molar-refractivity contribution in [1.82, 2.24) is 4.90 Å². The average Bonchev–Trinajstić information content (AvgIpc) is 2.26. The van der Waals surface area contributed by atoms with Crippen LogP contribution in [0, 0.1) is 13.8 Å². The molecule has 0 saturated carbocycles. The minimum atomic E-state index is 0.217. The predicted molar refractivity (Wildman–Crippen MR) is 83.2 cm³/mol. The summed E-state index contributed by atoms with van der Waals surface area (Å²) in [6.07, 6.45) is 0.217. The zero-order chi connectivity index (χ0) is 14.7. The molecule has 0 amide bonds. The van der Waals surface area contributed by atoms with E-state index >= 15 is 0 Å². The summed E-state index contributed by atoms with van der Waals surface area (Å²) in [6.45, 7) is 14.0. The van der Waals surface area contributed by atoms with Gasteiger partial charge in [0.05, 0.1) is 6.10 Å². The molecule has 0 aliphatic rings. The van der Waals surface area contributed by atoms with Crippen molar-refractivity contribution in [2.24, 2.45) is 0 Å². The number of rotatable bonds is 5. The van der Waals surface area contributed by atoms with Gasteiger partial charge in [-0.2, -0.15) is 0 Å². The third kappa shape index (κ3) is 3.97. The maximum absolute atomic E-state index is 6.01. The number of aryl methyl sites for hydroxylation is 1. The Morgan fingerprint density at radius 3 is 2.11 bits per heavy atom. The second-order valence-corrected chi connectivity index (χ2v) is 6.27. The van der Waals surface area contributed by atoms with E-state index in [-0.39, 0.29) is 6.10 Å². The number of nitrogens with zero attached hydrogens (tertiary/aromatic N) is 1. The van der Waals surface area contributed by atoms with Gasteiger partial charge in [-0.3, -0.25) is 0 Å². The predicted octanol–water partition coefficient (Wildman–Crippen LogP) is 4.28. The molecule has 0 aromatic heterocycles. The SMILES string of the molecule is Cc1cc(C(C)C)c(CN(C)C)c(C)c1OC(C)C. The fraction of sp³-hybridized carbons (Fsp3) is 0.647. The van der Waals surface area contributed by atoms with Gasteiger partial charge >= 0.3 is 0 Å². The molecule has 0 spiro atoms. The van der Waals surface area contributed by atoms with Gasteiger partial charge in [-0.05, 0) is 70.0 Å². The van der Waals surface area contributed by atoms with Crippen LogP contribution in [0.5, 0.6) is 5.75 Å². The first kappa shape index (κ1) is 16.0. The number of hydrogen-bond acceptors (Lipinski definition) is 2. The van der Waals surface area contributed by atoms with Gasteiger partial charge in [0.15, 0.2) is 0 Å². The quantitative estimate of drug-likeness (QED) is 0.786. The highest BCUT2D eigenvalue weighted by Gasteiger charge is 2.17. The van der Waals surface area contributed by atoms with E-state index in [4.69, 9.17) is 4.74 Å². The molecule has 1 aromatic rings. The van der Waals surface area contributed by atoms with E-state index < -0.39 is 0 Å². The summed E-state index contributed by atoms with van der Waals surface area (Å²) in [5, 5.41) is 0. The van der Waals surface area contributed by atoms with Crippen LogP contribution in [0.3, 0.4) is 0 Å². The van der Waals surface area contributed by atoms with Crippen LogP contribution in [-0.2, 0) is 6.54 Å². The fourth-order valence-electron chi connectivity index (χ4n) is 2.49. The summed E-state index contributed by atoms with van der Waals surface area (Å²) in [5.41, 5.74) is 5.41. The highest BCUT2D eigenvalue weighted by atomic mass is 16.5. The summed E-state index contributed by atoms with van der Waals surface area (Å²) in [6, 6.07) is 2.30. The second kappa shape index (κ2) is 6.42. The molecule has 108 valence electrons. The molecule has 0 radical (unpaired) electrons. The molecule has 0 saturated heterocycles. The first-order valence-electron chi connectivity index (χ1n) is 7.18. The van der Waals surface area contributed by atoms with Gasteiger partial charge in [-0.15, -0.1) is 0 Å². The highest BCUT2D eigenvalue weighted by Crippen LogP contribution is 2.34. The third-order valence-electron chi connectivity index (χ3n) is 3.32. The van der Waals surface area contributed by atoms with Crippen molar-refractivity contribution in [2.75, 3.05) is 14.1 Å². The minimum absolute atomic E-state index is 0.217. The molecule has 0 heterocycles. The Bertz CT molecular complexity index is 433. The minimum Gasteiger partial charge on any atom is -0.490 e. The van der Waals surface area contributed by atoms with Crippen molar-refractivity contribution in [3.05, 3.63) is 28.3 Å². The van der Waals surface area contributed by atoms with Gasteiger partial charge in [0.2, 0.25) is 0 Å². The third-order valence-corrected chi connectivity index (χ3v) is 3.32. The van der Waals surface area contributed by atoms with Gasteiger partial charge in [-0.1, -0.05) is 19.9 Å². The number of hydrogen-bond donors (Lipinski definition) is 0. The monoisotopic (exact) mass is 263 g/mol. The van der Waals surface area contributed by atoms with Gasteiger partial charge in [0.25, 0.3) is 0 Å². The summed E-state index contributed by atoms with van der Waals surface area (Å²) >= 11 is 0. The molecule has 0 aliphatic carbocycles. The zero-order valence-corrected chi connectivity index (χ0v) is 13.8. The Morgan fingerprint density at radius 2 is 1.68 bits per heavy atom. The van der Waals surface area contributed by atoms with Gasteiger partial charge in [-0.25, -0.2) is 0 Å². The standard InChI is InChI=1S/C17H29NO/c1-11(2)15-9-13(5)17(19-12(3)4)14(6)16(15)10-18(7)8/h9,11-12H,10H2,1-8H3. The van der Waals surface area contributed by atoms with Crippen molar-refractivity contribution in [3.8, 4) is 5.75 Å². The summed E-state index contributed by atoms with van der Waals surface area (Å²) < 4.78 is 6.01. The van der Waals surface area contributed by atoms with Crippen LogP contribution >= 0.6 is 0 Å². The average molecular weight is 263 g/mol. The lowest BCUT2D eigenvalue weighted by molar-refractivity contribution is 0.238. The van der Waals surface area contributed by atoms with Crippen molar-refractivity contribution in [2.45, 2.75) is 60.1 Å². The van der Waals surface area contributed by atoms with E-state index in [0.717, 1.165) is 12.3 Å². The molecular formula is C17H29NO. The molecule has 1 aromatic carbocycles. The fourth-order valence-corrected chi connectivity index (χ4v) is 2.49. The molecule has 0 unspecified atom stereocenters. The molecule has 2 nitrogen and oxygen atoms in total. The van der Waals surface area contributed by atoms with Crippen molar-refractivity contribution in [3.63, 3.8) is 0 Å². The summed E-state index contributed by atoms with van der Waals surface area (Å²) in [5.74, 6) is 1.61. The summed E-state index contributed by atoms with van der Waals surface area (Å²) in [4.78, 5) is 2.22. The van der Waals surface area contributed by atoms with E-state index in [9.17, 15) is 0 Å². The van der Waals surface area contributed by atoms with Crippen LogP contribution < -0.4 is 4.74 Å². The lowest BCUT2D eigenvalue weighted by Crippen LogP contribution is -2.16.